The standard InChI is InChI=1S/C13H19N4O4.Y/c1-8-6-14-17(15-8)9-5-10(11(18)19)16(7-9)12(20)21-13(2,3)4;/h9-10H,5,7H2,1-4H3,(H,18,19);/q-1;/t9-,10+;/m1./s1. The number of carbonyl (C=O) groups excluding carboxylic acids is 1. The molecule has 0 saturated carbocycles. The molecule has 119 valence electrons. The van der Waals surface area contributed by atoms with Crippen LogP contribution < -0.4 is 0 Å². The van der Waals surface area contributed by atoms with Crippen molar-refractivity contribution in [1.29, 1.82) is 0 Å². The summed E-state index contributed by atoms with van der Waals surface area (Å²) in [7, 11) is 0. The molecule has 1 fully saturated rings. The number of aryl methyl sites for hydroxylation is 1. The van der Waals surface area contributed by atoms with Gasteiger partial charge in [0.25, 0.3) is 0 Å². The fourth-order valence-electron chi connectivity index (χ4n) is 2.22. The van der Waals surface area contributed by atoms with Crippen LogP contribution >= 0.6 is 0 Å². The number of ether oxygens (including phenoxy) is 1. The summed E-state index contributed by atoms with van der Waals surface area (Å²) in [5.41, 5.74) is -0.0513. The fraction of sp³-hybridized carbons (Fsp3) is 0.692. The molecule has 1 N–H and O–H groups in total. The molecular weight excluding hydrogens is 365 g/mol. The number of aromatic nitrogens is 3. The molecular formula is C13H19N4O4Y-. The minimum absolute atomic E-state index is 0. The Labute approximate surface area is 154 Å². The van der Waals surface area contributed by atoms with Crippen LogP contribution in [0.25, 0.3) is 0 Å². The van der Waals surface area contributed by atoms with Gasteiger partial charge in [0.05, 0.1) is 6.04 Å². The van der Waals surface area contributed by atoms with Gasteiger partial charge < -0.3 is 21.1 Å². The van der Waals surface area contributed by atoms with E-state index >= 15 is 0 Å². The second-order valence-electron chi connectivity index (χ2n) is 6.09. The molecule has 22 heavy (non-hydrogen) atoms. The van der Waals surface area contributed by atoms with Crippen LogP contribution in [0.5, 0.6) is 0 Å². The van der Waals surface area contributed by atoms with E-state index in [4.69, 9.17) is 4.74 Å². The largest absolute Gasteiger partial charge is 0.480 e. The van der Waals surface area contributed by atoms with Crippen LogP contribution in [0.3, 0.4) is 0 Å². The smallest absolute Gasteiger partial charge is 0.411 e. The number of rotatable bonds is 2. The van der Waals surface area contributed by atoms with Gasteiger partial charge in [-0.05, 0) is 20.8 Å². The van der Waals surface area contributed by atoms with E-state index in [9.17, 15) is 14.7 Å². The molecule has 1 radical (unpaired) electrons. The Morgan fingerprint density at radius 3 is 2.50 bits per heavy atom. The van der Waals surface area contributed by atoms with E-state index in [1.54, 1.807) is 27.7 Å². The van der Waals surface area contributed by atoms with Gasteiger partial charge in [0.2, 0.25) is 0 Å². The predicted octanol–water partition coefficient (Wildman–Crippen LogP) is 1.02. The van der Waals surface area contributed by atoms with E-state index in [0.717, 1.165) is 0 Å². The quantitative estimate of drug-likeness (QED) is 0.765. The minimum Gasteiger partial charge on any atom is -0.480 e. The molecule has 1 amide bonds. The van der Waals surface area contributed by atoms with Crippen molar-refractivity contribution in [2.24, 2.45) is 0 Å². The zero-order chi connectivity index (χ0) is 15.8. The summed E-state index contributed by atoms with van der Waals surface area (Å²) in [5.74, 6) is -1.06. The summed E-state index contributed by atoms with van der Waals surface area (Å²) in [6.45, 7) is 7.16. The van der Waals surface area contributed by atoms with Gasteiger partial charge in [-0.3, -0.25) is 4.90 Å². The van der Waals surface area contributed by atoms with Gasteiger partial charge in [-0.25, -0.2) is 14.4 Å². The second kappa shape index (κ2) is 7.04. The molecule has 0 bridgehead atoms. The van der Waals surface area contributed by atoms with Gasteiger partial charge >= 0.3 is 12.1 Å². The van der Waals surface area contributed by atoms with Crippen LogP contribution in [0.2, 0.25) is 0 Å². The van der Waals surface area contributed by atoms with Crippen LogP contribution in [0.4, 0.5) is 4.79 Å². The molecule has 1 aromatic heterocycles. The van der Waals surface area contributed by atoms with Crippen LogP contribution in [-0.4, -0.2) is 55.3 Å². The Kier molecular flexibility index (Phi) is 6.09. The molecule has 1 aliphatic heterocycles. The van der Waals surface area contributed by atoms with Crippen molar-refractivity contribution < 1.29 is 52.1 Å². The maximum absolute atomic E-state index is 12.1. The Bertz CT molecular complexity index is 554. The summed E-state index contributed by atoms with van der Waals surface area (Å²) in [6, 6.07) is -1.22. The third-order valence-electron chi connectivity index (χ3n) is 3.09. The number of hydrogen-bond donors (Lipinski definition) is 1. The van der Waals surface area contributed by atoms with Gasteiger partial charge in [-0.1, -0.05) is 6.92 Å². The summed E-state index contributed by atoms with van der Waals surface area (Å²) in [6.07, 6.45) is 2.30. The monoisotopic (exact) mass is 384 g/mol. The van der Waals surface area contributed by atoms with Crippen molar-refractivity contribution >= 4 is 12.1 Å². The van der Waals surface area contributed by atoms with E-state index in [0.29, 0.717) is 5.69 Å². The zero-order valence-corrected chi connectivity index (χ0v) is 15.9. The van der Waals surface area contributed by atoms with Crippen LogP contribution in [0.1, 0.15) is 38.9 Å². The van der Waals surface area contributed by atoms with Gasteiger partial charge in [0, 0.05) is 45.7 Å². The number of likely N-dealkylation sites (tertiary alicyclic amines) is 1. The molecule has 1 aromatic rings. The first kappa shape index (κ1) is 19.0. The molecule has 1 aliphatic rings. The van der Waals surface area contributed by atoms with Crippen LogP contribution in [-0.2, 0) is 42.2 Å². The third-order valence-corrected chi connectivity index (χ3v) is 3.09. The van der Waals surface area contributed by atoms with Crippen molar-refractivity contribution in [2.75, 3.05) is 6.54 Å². The Morgan fingerprint density at radius 1 is 1.41 bits per heavy atom. The average molecular weight is 384 g/mol. The van der Waals surface area contributed by atoms with Gasteiger partial charge in [0.15, 0.2) is 0 Å². The SMILES string of the molecule is Cc1[c-]nn([C@@H]2C[C@@H](C(=O)O)N(C(=O)OC(C)(C)C)C2)n1.[Y]. The molecule has 0 spiro atoms. The number of carboxylic acid groups (broad SMARTS) is 1. The molecule has 2 rings (SSSR count). The van der Waals surface area contributed by atoms with Crippen molar-refractivity contribution in [3.8, 4) is 0 Å². The third kappa shape index (κ3) is 4.49. The molecule has 0 unspecified atom stereocenters. The van der Waals surface area contributed by atoms with Crippen molar-refractivity contribution in [1.82, 2.24) is 19.9 Å². The first-order chi connectivity index (χ1) is 9.67. The second-order valence-corrected chi connectivity index (χ2v) is 6.09. The molecule has 2 atom stereocenters. The Balaban J connectivity index is 0.00000242. The zero-order valence-electron chi connectivity index (χ0n) is 13.1. The van der Waals surface area contributed by atoms with Crippen molar-refractivity contribution in [3.05, 3.63) is 11.9 Å². The van der Waals surface area contributed by atoms with Gasteiger partial charge in [-0.2, -0.15) is 5.10 Å². The number of carbonyl (C=O) groups is 2. The maximum atomic E-state index is 12.1. The molecule has 0 aliphatic carbocycles. The average Bonchev–Trinajstić information content (AvgIpc) is 2.92. The minimum atomic E-state index is -1.06. The number of hydrogen-bond acceptors (Lipinski definition) is 5. The summed E-state index contributed by atoms with van der Waals surface area (Å²) in [5, 5.41) is 17.4. The molecule has 1 saturated heterocycles. The molecule has 8 nitrogen and oxygen atoms in total. The van der Waals surface area contributed by atoms with E-state index in [1.165, 1.54) is 9.70 Å². The molecule has 9 heteroatoms. The summed E-state index contributed by atoms with van der Waals surface area (Å²) >= 11 is 0. The number of aliphatic carboxylic acids is 1. The van der Waals surface area contributed by atoms with E-state index in [-0.39, 0.29) is 51.7 Å². The van der Waals surface area contributed by atoms with E-state index in [1.807, 2.05) is 0 Å². The van der Waals surface area contributed by atoms with Crippen LogP contribution in [0, 0.1) is 13.1 Å². The summed E-state index contributed by atoms with van der Waals surface area (Å²) < 4.78 is 5.26. The van der Waals surface area contributed by atoms with E-state index < -0.39 is 23.7 Å². The fourth-order valence-corrected chi connectivity index (χ4v) is 2.22. The number of amides is 1. The predicted molar refractivity (Wildman–Crippen MR) is 71.6 cm³/mol. The number of carboxylic acids is 1. The molecule has 2 heterocycles. The number of nitrogens with zero attached hydrogens (tertiary/aromatic N) is 4. The molecule has 0 aromatic carbocycles. The first-order valence-electron chi connectivity index (χ1n) is 6.71. The topological polar surface area (TPSA) is 97.6 Å². The van der Waals surface area contributed by atoms with Gasteiger partial charge in [-0.15, -0.1) is 5.69 Å². The van der Waals surface area contributed by atoms with Gasteiger partial charge in [0.1, 0.15) is 11.6 Å². The van der Waals surface area contributed by atoms with Crippen LogP contribution in [0.15, 0.2) is 0 Å². The first-order valence-corrected chi connectivity index (χ1v) is 6.71. The maximum Gasteiger partial charge on any atom is 0.411 e. The van der Waals surface area contributed by atoms with Crippen molar-refractivity contribution in [2.45, 2.75) is 51.8 Å². The summed E-state index contributed by atoms with van der Waals surface area (Å²) in [4.78, 5) is 26.1. The Morgan fingerprint density at radius 2 is 2.05 bits per heavy atom. The Hall–Kier alpha value is -1.02. The van der Waals surface area contributed by atoms with E-state index in [2.05, 4.69) is 16.4 Å². The normalized spacial score (nSPS) is 21.4. The van der Waals surface area contributed by atoms with Crippen molar-refractivity contribution in [3.63, 3.8) is 0 Å².